The van der Waals surface area contributed by atoms with E-state index in [1.54, 1.807) is 7.05 Å². The van der Waals surface area contributed by atoms with Crippen LogP contribution in [0, 0.1) is 6.92 Å². The van der Waals surface area contributed by atoms with Crippen LogP contribution < -0.4 is 15.4 Å². The average Bonchev–Trinajstić information content (AvgIpc) is 2.41. The van der Waals surface area contributed by atoms with Gasteiger partial charge in [-0.25, -0.2) is 0 Å². The van der Waals surface area contributed by atoms with Gasteiger partial charge in [0.15, 0.2) is 0 Å². The summed E-state index contributed by atoms with van der Waals surface area (Å²) in [5, 5.41) is 6.06. The molecule has 6 nitrogen and oxygen atoms in total. The summed E-state index contributed by atoms with van der Waals surface area (Å²) in [6.45, 7) is 5.88. The third-order valence-electron chi connectivity index (χ3n) is 2.55. The van der Waals surface area contributed by atoms with Crippen LogP contribution in [0.2, 0.25) is 0 Å². The Morgan fingerprint density at radius 3 is 2.48 bits per heavy atom. The minimum absolute atomic E-state index is 0.00364. The zero-order valence-electron chi connectivity index (χ0n) is 12.4. The van der Waals surface area contributed by atoms with Crippen molar-refractivity contribution in [2.45, 2.75) is 26.9 Å². The van der Waals surface area contributed by atoms with Crippen molar-refractivity contribution in [2.75, 3.05) is 17.7 Å². The molecule has 1 heterocycles. The number of nitrogens with zero attached hydrogens (tertiary/aromatic N) is 3. The van der Waals surface area contributed by atoms with Gasteiger partial charge in [0.1, 0.15) is 0 Å². The van der Waals surface area contributed by atoms with Gasteiger partial charge in [0.2, 0.25) is 11.9 Å². The lowest BCUT2D eigenvalue weighted by Gasteiger charge is -2.12. The molecule has 1 aromatic carbocycles. The number of hydrogen-bond donors (Lipinski definition) is 2. The van der Waals surface area contributed by atoms with Crippen molar-refractivity contribution in [1.29, 1.82) is 0 Å². The Balaban J connectivity index is 2.29. The lowest BCUT2D eigenvalue weighted by atomic mass is 10.2. The van der Waals surface area contributed by atoms with E-state index in [9.17, 15) is 0 Å². The van der Waals surface area contributed by atoms with Crippen molar-refractivity contribution >= 4 is 33.5 Å². The zero-order chi connectivity index (χ0) is 15.4. The number of ether oxygens (including phenoxy) is 1. The second kappa shape index (κ2) is 6.71. The lowest BCUT2D eigenvalue weighted by molar-refractivity contribution is 0.222. The van der Waals surface area contributed by atoms with Crippen LogP contribution in [0.25, 0.3) is 0 Å². The summed E-state index contributed by atoms with van der Waals surface area (Å²) in [6.07, 6.45) is -0.00364. The van der Waals surface area contributed by atoms with Crippen LogP contribution in [-0.2, 0) is 0 Å². The quantitative estimate of drug-likeness (QED) is 0.858. The second-order valence-corrected chi connectivity index (χ2v) is 5.64. The Labute approximate surface area is 132 Å². The highest BCUT2D eigenvalue weighted by Crippen LogP contribution is 2.26. The number of anilines is 3. The fourth-order valence-corrected chi connectivity index (χ4v) is 2.22. The van der Waals surface area contributed by atoms with Crippen LogP contribution >= 0.6 is 15.9 Å². The normalized spacial score (nSPS) is 10.6. The molecular weight excluding hydrogens is 334 g/mol. The summed E-state index contributed by atoms with van der Waals surface area (Å²) in [7, 11) is 1.75. The maximum absolute atomic E-state index is 5.53. The van der Waals surface area contributed by atoms with Crippen LogP contribution in [0.5, 0.6) is 6.01 Å². The first-order valence-electron chi connectivity index (χ1n) is 6.61. The maximum atomic E-state index is 5.53. The van der Waals surface area contributed by atoms with E-state index in [4.69, 9.17) is 4.74 Å². The Hall–Kier alpha value is -1.89. The molecule has 0 saturated heterocycles. The molecule has 0 aliphatic rings. The maximum Gasteiger partial charge on any atom is 0.323 e. The number of benzene rings is 1. The number of hydrogen-bond acceptors (Lipinski definition) is 6. The molecule has 2 aromatic rings. The van der Waals surface area contributed by atoms with Crippen molar-refractivity contribution in [3.05, 3.63) is 28.2 Å². The van der Waals surface area contributed by atoms with Crippen LogP contribution in [-0.4, -0.2) is 28.1 Å². The third-order valence-corrected chi connectivity index (χ3v) is 3.21. The molecule has 112 valence electrons. The van der Waals surface area contributed by atoms with Gasteiger partial charge in [-0.3, -0.25) is 0 Å². The summed E-state index contributed by atoms with van der Waals surface area (Å²) in [4.78, 5) is 12.7. The van der Waals surface area contributed by atoms with Crippen molar-refractivity contribution in [3.8, 4) is 6.01 Å². The predicted molar refractivity (Wildman–Crippen MR) is 87.3 cm³/mol. The molecule has 0 fully saturated rings. The first kappa shape index (κ1) is 15.5. The Morgan fingerprint density at radius 2 is 1.86 bits per heavy atom. The standard InChI is InChI=1S/C14H18BrN5O/c1-8(2)21-14-19-12(16-4)18-13(20-14)17-11-6-5-9(3)7-10(11)15/h5-8H,1-4H3,(H2,16,17,18,19,20). The van der Waals surface area contributed by atoms with Crippen molar-refractivity contribution < 1.29 is 4.74 Å². The molecule has 0 spiro atoms. The third kappa shape index (κ3) is 4.29. The van der Waals surface area contributed by atoms with Gasteiger partial charge in [0.25, 0.3) is 0 Å². The molecule has 1 aromatic heterocycles. The summed E-state index contributed by atoms with van der Waals surface area (Å²) >= 11 is 3.52. The van der Waals surface area contributed by atoms with Gasteiger partial charge >= 0.3 is 6.01 Å². The van der Waals surface area contributed by atoms with Crippen LogP contribution in [0.1, 0.15) is 19.4 Å². The molecule has 0 unspecified atom stereocenters. The van der Waals surface area contributed by atoms with E-state index in [0.717, 1.165) is 10.2 Å². The first-order chi connectivity index (χ1) is 9.97. The van der Waals surface area contributed by atoms with E-state index in [-0.39, 0.29) is 12.1 Å². The van der Waals surface area contributed by atoms with E-state index < -0.39 is 0 Å². The van der Waals surface area contributed by atoms with E-state index >= 15 is 0 Å². The Morgan fingerprint density at radius 1 is 1.14 bits per heavy atom. The smallest absolute Gasteiger partial charge is 0.323 e. The molecule has 2 N–H and O–H groups in total. The molecule has 2 rings (SSSR count). The first-order valence-corrected chi connectivity index (χ1v) is 7.41. The molecular formula is C14H18BrN5O. The number of nitrogens with one attached hydrogen (secondary N) is 2. The summed E-state index contributed by atoms with van der Waals surface area (Å²) < 4.78 is 6.48. The van der Waals surface area contributed by atoms with Gasteiger partial charge in [0, 0.05) is 11.5 Å². The van der Waals surface area contributed by atoms with Crippen molar-refractivity contribution in [1.82, 2.24) is 15.0 Å². The topological polar surface area (TPSA) is 72.0 Å². The number of aromatic nitrogens is 3. The second-order valence-electron chi connectivity index (χ2n) is 4.79. The average molecular weight is 352 g/mol. The minimum Gasteiger partial charge on any atom is -0.461 e. The van der Waals surface area contributed by atoms with E-state index in [2.05, 4.69) is 41.5 Å². The van der Waals surface area contributed by atoms with Gasteiger partial charge in [-0.05, 0) is 54.4 Å². The van der Waals surface area contributed by atoms with Crippen LogP contribution in [0.15, 0.2) is 22.7 Å². The highest BCUT2D eigenvalue weighted by atomic mass is 79.9. The SMILES string of the molecule is CNc1nc(Nc2ccc(C)cc2Br)nc(OC(C)C)n1. The van der Waals surface area contributed by atoms with E-state index in [0.29, 0.717) is 11.9 Å². The molecule has 0 amide bonds. The van der Waals surface area contributed by atoms with Crippen molar-refractivity contribution in [2.24, 2.45) is 0 Å². The zero-order valence-corrected chi connectivity index (χ0v) is 14.0. The molecule has 21 heavy (non-hydrogen) atoms. The fourth-order valence-electron chi connectivity index (χ4n) is 1.63. The molecule has 0 radical (unpaired) electrons. The van der Waals surface area contributed by atoms with Gasteiger partial charge in [-0.15, -0.1) is 0 Å². The molecule has 7 heteroatoms. The van der Waals surface area contributed by atoms with Gasteiger partial charge in [0.05, 0.1) is 11.8 Å². The Kier molecular flexibility index (Phi) is 4.95. The molecule has 0 aliphatic carbocycles. The highest BCUT2D eigenvalue weighted by molar-refractivity contribution is 9.10. The largest absolute Gasteiger partial charge is 0.461 e. The summed E-state index contributed by atoms with van der Waals surface area (Å²) in [5.41, 5.74) is 2.05. The summed E-state index contributed by atoms with van der Waals surface area (Å²) in [5.74, 6) is 0.876. The Bertz CT molecular complexity index is 633. The van der Waals surface area contributed by atoms with Gasteiger partial charge in [-0.1, -0.05) is 6.07 Å². The minimum atomic E-state index is -0.00364. The molecule has 0 atom stereocenters. The molecule has 0 aliphatic heterocycles. The van der Waals surface area contributed by atoms with Crippen LogP contribution in [0.3, 0.4) is 0 Å². The monoisotopic (exact) mass is 351 g/mol. The van der Waals surface area contributed by atoms with Crippen LogP contribution in [0.4, 0.5) is 17.6 Å². The number of aryl methyl sites for hydroxylation is 1. The fraction of sp³-hybridized carbons (Fsp3) is 0.357. The lowest BCUT2D eigenvalue weighted by Crippen LogP contribution is -2.12. The van der Waals surface area contributed by atoms with E-state index in [1.807, 2.05) is 39.0 Å². The molecule has 0 saturated carbocycles. The number of halogens is 1. The molecule has 0 bridgehead atoms. The number of rotatable bonds is 5. The predicted octanol–water partition coefficient (Wildman–Crippen LogP) is 3.52. The van der Waals surface area contributed by atoms with Crippen molar-refractivity contribution in [3.63, 3.8) is 0 Å². The highest BCUT2D eigenvalue weighted by Gasteiger charge is 2.09. The van der Waals surface area contributed by atoms with Gasteiger partial charge in [-0.2, -0.15) is 15.0 Å². The van der Waals surface area contributed by atoms with E-state index in [1.165, 1.54) is 5.56 Å². The van der Waals surface area contributed by atoms with Gasteiger partial charge < -0.3 is 15.4 Å². The summed E-state index contributed by atoms with van der Waals surface area (Å²) in [6, 6.07) is 6.29.